The fourth-order valence-electron chi connectivity index (χ4n) is 1.83. The van der Waals surface area contributed by atoms with E-state index in [0.717, 1.165) is 16.1 Å². The van der Waals surface area contributed by atoms with E-state index in [0.29, 0.717) is 12.3 Å². The third-order valence-corrected chi connectivity index (χ3v) is 3.76. The minimum absolute atomic E-state index is 0.0151. The second kappa shape index (κ2) is 5.08. The summed E-state index contributed by atoms with van der Waals surface area (Å²) >= 11 is 1.47. The van der Waals surface area contributed by atoms with Crippen molar-refractivity contribution in [1.82, 2.24) is 0 Å². The summed E-state index contributed by atoms with van der Waals surface area (Å²) in [4.78, 5) is 14.3. The van der Waals surface area contributed by atoms with Crippen LogP contribution in [0, 0.1) is 0 Å². The molecule has 1 aliphatic rings. The largest absolute Gasteiger partial charge is 0.395 e. The molecule has 17 heavy (non-hydrogen) atoms. The van der Waals surface area contributed by atoms with Crippen LogP contribution in [-0.4, -0.2) is 35.0 Å². The number of hydrogen-bond donors (Lipinski definition) is 2. The molecule has 2 rings (SSSR count). The monoisotopic (exact) mass is 253 g/mol. The number of carbonyl (C=O) groups is 1. The van der Waals surface area contributed by atoms with Gasteiger partial charge in [0.1, 0.15) is 0 Å². The molecule has 1 atom stereocenters. The van der Waals surface area contributed by atoms with E-state index in [2.05, 4.69) is 0 Å². The molecule has 0 saturated heterocycles. The van der Waals surface area contributed by atoms with E-state index in [9.17, 15) is 9.90 Å². The first-order chi connectivity index (χ1) is 8.13. The maximum Gasteiger partial charge on any atom is 0.237 e. The molecule has 0 bridgehead atoms. The van der Waals surface area contributed by atoms with Crippen LogP contribution in [0.5, 0.6) is 0 Å². The van der Waals surface area contributed by atoms with Crippen LogP contribution in [0.15, 0.2) is 23.1 Å². The van der Waals surface area contributed by atoms with Crippen molar-refractivity contribution >= 4 is 23.4 Å². The number of benzene rings is 1. The van der Waals surface area contributed by atoms with E-state index in [1.165, 1.54) is 11.8 Å². The summed E-state index contributed by atoms with van der Waals surface area (Å²) in [6, 6.07) is 5.55. The van der Waals surface area contributed by atoms with Gasteiger partial charge in [0.15, 0.2) is 0 Å². The highest BCUT2D eigenvalue weighted by Crippen LogP contribution is 2.36. The molecule has 1 heterocycles. The lowest BCUT2D eigenvalue weighted by Crippen LogP contribution is -2.37. The van der Waals surface area contributed by atoms with E-state index in [1.54, 1.807) is 11.8 Å². The Bertz CT molecular complexity index is 434. The van der Waals surface area contributed by atoms with E-state index in [1.807, 2.05) is 18.2 Å². The zero-order valence-electron chi connectivity index (χ0n) is 9.59. The van der Waals surface area contributed by atoms with Crippen LogP contribution in [0.3, 0.4) is 0 Å². The van der Waals surface area contributed by atoms with Crippen molar-refractivity contribution < 1.29 is 15.0 Å². The van der Waals surface area contributed by atoms with Gasteiger partial charge >= 0.3 is 0 Å². The number of rotatable bonds is 3. The third kappa shape index (κ3) is 2.46. The number of β-amino-alcohol motifs (C(OH)–C–C–N with tert-alkyl or cyclic N) is 1. The SMILES string of the molecule is CC(O)c1ccc2c(c1)SCC(=O)N2CCO. The van der Waals surface area contributed by atoms with E-state index in [-0.39, 0.29) is 12.5 Å². The molecular weight excluding hydrogens is 238 g/mol. The Morgan fingerprint density at radius 2 is 2.29 bits per heavy atom. The molecule has 1 aromatic rings. The molecule has 0 saturated carbocycles. The standard InChI is InChI=1S/C12H15NO3S/c1-8(15)9-2-3-10-11(6-9)17-7-12(16)13(10)4-5-14/h2-3,6,8,14-15H,4-5,7H2,1H3. The minimum atomic E-state index is -0.509. The number of thioether (sulfide) groups is 1. The lowest BCUT2D eigenvalue weighted by atomic mass is 10.1. The molecule has 5 heteroatoms. The Morgan fingerprint density at radius 1 is 1.53 bits per heavy atom. The van der Waals surface area contributed by atoms with Gasteiger partial charge in [-0.05, 0) is 24.6 Å². The van der Waals surface area contributed by atoms with E-state index >= 15 is 0 Å². The van der Waals surface area contributed by atoms with Gasteiger partial charge in [-0.15, -0.1) is 11.8 Å². The van der Waals surface area contributed by atoms with Crippen molar-refractivity contribution in [3.8, 4) is 0 Å². The topological polar surface area (TPSA) is 60.8 Å². The van der Waals surface area contributed by atoms with Gasteiger partial charge in [0, 0.05) is 11.4 Å². The number of amides is 1. The highest BCUT2D eigenvalue weighted by atomic mass is 32.2. The molecule has 4 nitrogen and oxygen atoms in total. The van der Waals surface area contributed by atoms with Gasteiger partial charge in [-0.3, -0.25) is 4.79 Å². The molecule has 0 spiro atoms. The molecule has 0 radical (unpaired) electrons. The van der Waals surface area contributed by atoms with Crippen LogP contribution >= 0.6 is 11.8 Å². The number of fused-ring (bicyclic) bond motifs is 1. The fraction of sp³-hybridized carbons (Fsp3) is 0.417. The van der Waals surface area contributed by atoms with Crippen LogP contribution in [0.1, 0.15) is 18.6 Å². The van der Waals surface area contributed by atoms with Gasteiger partial charge in [0.25, 0.3) is 0 Å². The number of hydrogen-bond acceptors (Lipinski definition) is 4. The van der Waals surface area contributed by atoms with Gasteiger partial charge in [-0.1, -0.05) is 6.07 Å². The normalized spacial score (nSPS) is 16.9. The number of nitrogens with zero attached hydrogens (tertiary/aromatic N) is 1. The summed E-state index contributed by atoms with van der Waals surface area (Å²) < 4.78 is 0. The van der Waals surface area contributed by atoms with Crippen molar-refractivity contribution in [3.05, 3.63) is 23.8 Å². The smallest absolute Gasteiger partial charge is 0.237 e. The molecule has 0 aliphatic carbocycles. The first-order valence-corrected chi connectivity index (χ1v) is 6.48. The Hall–Kier alpha value is -1.04. The Labute approximate surface area is 104 Å². The van der Waals surface area contributed by atoms with Gasteiger partial charge in [0.05, 0.1) is 24.2 Å². The molecule has 0 aromatic heterocycles. The van der Waals surface area contributed by atoms with Crippen molar-refractivity contribution in [1.29, 1.82) is 0 Å². The maximum absolute atomic E-state index is 11.7. The molecule has 1 aliphatic heterocycles. The average molecular weight is 253 g/mol. The fourth-order valence-corrected chi connectivity index (χ4v) is 2.81. The predicted molar refractivity (Wildman–Crippen MR) is 67.2 cm³/mol. The van der Waals surface area contributed by atoms with E-state index < -0.39 is 6.10 Å². The number of aliphatic hydroxyl groups is 2. The van der Waals surface area contributed by atoms with Gasteiger partial charge in [-0.25, -0.2) is 0 Å². The molecule has 0 fully saturated rings. The van der Waals surface area contributed by atoms with E-state index in [4.69, 9.17) is 5.11 Å². The zero-order chi connectivity index (χ0) is 12.4. The van der Waals surface area contributed by atoms with Crippen molar-refractivity contribution in [2.45, 2.75) is 17.9 Å². The zero-order valence-corrected chi connectivity index (χ0v) is 10.4. The molecule has 1 aromatic carbocycles. The van der Waals surface area contributed by atoms with Gasteiger partial charge in [0.2, 0.25) is 5.91 Å². The lowest BCUT2D eigenvalue weighted by Gasteiger charge is -2.28. The molecule has 1 amide bonds. The van der Waals surface area contributed by atoms with Crippen LogP contribution < -0.4 is 4.90 Å². The average Bonchev–Trinajstić information content (AvgIpc) is 2.32. The summed E-state index contributed by atoms with van der Waals surface area (Å²) in [6.07, 6.45) is -0.509. The first kappa shape index (κ1) is 12.4. The van der Waals surface area contributed by atoms with Crippen molar-refractivity contribution in [2.24, 2.45) is 0 Å². The maximum atomic E-state index is 11.7. The van der Waals surface area contributed by atoms with Gasteiger partial charge in [-0.2, -0.15) is 0 Å². The summed E-state index contributed by atoms with van der Waals surface area (Å²) in [7, 11) is 0. The van der Waals surface area contributed by atoms with Crippen molar-refractivity contribution in [2.75, 3.05) is 23.8 Å². The minimum Gasteiger partial charge on any atom is -0.395 e. The Kier molecular flexibility index (Phi) is 3.71. The second-order valence-electron chi connectivity index (χ2n) is 3.96. The summed E-state index contributed by atoms with van der Waals surface area (Å²) in [5.41, 5.74) is 1.67. The molecule has 1 unspecified atom stereocenters. The number of aliphatic hydroxyl groups excluding tert-OH is 2. The highest BCUT2D eigenvalue weighted by molar-refractivity contribution is 8.00. The Morgan fingerprint density at radius 3 is 2.94 bits per heavy atom. The van der Waals surface area contributed by atoms with Crippen molar-refractivity contribution in [3.63, 3.8) is 0 Å². The summed E-state index contributed by atoms with van der Waals surface area (Å²) in [6.45, 7) is 1.99. The number of carbonyl (C=O) groups excluding carboxylic acids is 1. The summed E-state index contributed by atoms with van der Waals surface area (Å²) in [5, 5.41) is 18.5. The third-order valence-electron chi connectivity index (χ3n) is 2.73. The van der Waals surface area contributed by atoms with Crippen LogP contribution in [0.2, 0.25) is 0 Å². The highest BCUT2D eigenvalue weighted by Gasteiger charge is 2.24. The molecule has 2 N–H and O–H groups in total. The summed E-state index contributed by atoms with van der Waals surface area (Å²) in [5.74, 6) is 0.400. The lowest BCUT2D eigenvalue weighted by molar-refractivity contribution is -0.116. The predicted octanol–water partition coefficient (Wildman–Crippen LogP) is 1.17. The molecule has 92 valence electrons. The molecular formula is C12H15NO3S. The number of anilines is 1. The second-order valence-corrected chi connectivity index (χ2v) is 4.98. The quantitative estimate of drug-likeness (QED) is 0.849. The van der Waals surface area contributed by atoms with Crippen LogP contribution in [-0.2, 0) is 4.79 Å². The van der Waals surface area contributed by atoms with Crippen LogP contribution in [0.4, 0.5) is 5.69 Å². The Balaban J connectivity index is 2.37. The van der Waals surface area contributed by atoms with Crippen LogP contribution in [0.25, 0.3) is 0 Å². The first-order valence-electron chi connectivity index (χ1n) is 5.49. The van der Waals surface area contributed by atoms with Gasteiger partial charge < -0.3 is 15.1 Å².